The SMILES string of the molecule is COc1cccc(CNCCOc2ccc3c(c2)CCC3)c1OC(F)F. The van der Waals surface area contributed by atoms with Gasteiger partial charge in [-0.2, -0.15) is 8.78 Å². The molecule has 0 radical (unpaired) electrons. The minimum atomic E-state index is -2.90. The summed E-state index contributed by atoms with van der Waals surface area (Å²) in [5.74, 6) is 1.23. The van der Waals surface area contributed by atoms with E-state index in [1.165, 1.54) is 24.7 Å². The fourth-order valence-corrected chi connectivity index (χ4v) is 3.19. The molecule has 140 valence electrons. The van der Waals surface area contributed by atoms with Crippen LogP contribution in [0.15, 0.2) is 36.4 Å². The smallest absolute Gasteiger partial charge is 0.387 e. The van der Waals surface area contributed by atoms with Crippen molar-refractivity contribution >= 4 is 0 Å². The zero-order chi connectivity index (χ0) is 18.4. The van der Waals surface area contributed by atoms with E-state index in [4.69, 9.17) is 9.47 Å². The normalized spacial score (nSPS) is 12.9. The molecule has 2 aromatic carbocycles. The molecule has 1 N–H and O–H groups in total. The van der Waals surface area contributed by atoms with Crippen LogP contribution in [0.1, 0.15) is 23.1 Å². The number of hydrogen-bond acceptors (Lipinski definition) is 4. The summed E-state index contributed by atoms with van der Waals surface area (Å²) < 4.78 is 40.7. The van der Waals surface area contributed by atoms with Crippen LogP contribution >= 0.6 is 0 Å². The summed E-state index contributed by atoms with van der Waals surface area (Å²) in [4.78, 5) is 0. The van der Waals surface area contributed by atoms with Crippen LogP contribution in [-0.2, 0) is 19.4 Å². The zero-order valence-corrected chi connectivity index (χ0v) is 14.8. The van der Waals surface area contributed by atoms with Crippen LogP contribution in [0.25, 0.3) is 0 Å². The average molecular weight is 363 g/mol. The summed E-state index contributed by atoms with van der Waals surface area (Å²) in [6.07, 6.45) is 3.48. The van der Waals surface area contributed by atoms with E-state index in [1.807, 2.05) is 6.07 Å². The molecule has 0 saturated carbocycles. The van der Waals surface area contributed by atoms with Crippen LogP contribution in [0.5, 0.6) is 17.2 Å². The van der Waals surface area contributed by atoms with Gasteiger partial charge < -0.3 is 19.5 Å². The number of rotatable bonds is 9. The predicted molar refractivity (Wildman–Crippen MR) is 95.3 cm³/mol. The van der Waals surface area contributed by atoms with E-state index >= 15 is 0 Å². The first-order chi connectivity index (χ1) is 12.7. The van der Waals surface area contributed by atoms with E-state index in [2.05, 4.69) is 22.2 Å². The summed E-state index contributed by atoms with van der Waals surface area (Å²) in [5, 5.41) is 3.18. The molecule has 0 aliphatic heterocycles. The van der Waals surface area contributed by atoms with E-state index in [0.717, 1.165) is 18.6 Å². The lowest BCUT2D eigenvalue weighted by atomic mass is 10.1. The number of benzene rings is 2. The number of para-hydroxylation sites is 1. The second-order valence-electron chi connectivity index (χ2n) is 6.14. The summed E-state index contributed by atoms with van der Waals surface area (Å²) in [6.45, 7) is -1.43. The molecular weight excluding hydrogens is 340 g/mol. The van der Waals surface area contributed by atoms with Crippen LogP contribution in [0, 0.1) is 0 Å². The van der Waals surface area contributed by atoms with Gasteiger partial charge in [0.25, 0.3) is 0 Å². The number of nitrogens with one attached hydrogen (secondary N) is 1. The van der Waals surface area contributed by atoms with Gasteiger partial charge in [0.1, 0.15) is 12.4 Å². The van der Waals surface area contributed by atoms with Crippen molar-refractivity contribution in [1.29, 1.82) is 0 Å². The summed E-state index contributed by atoms with van der Waals surface area (Å²) >= 11 is 0. The van der Waals surface area contributed by atoms with Gasteiger partial charge in [0.15, 0.2) is 11.5 Å². The van der Waals surface area contributed by atoms with Gasteiger partial charge in [-0.15, -0.1) is 0 Å². The van der Waals surface area contributed by atoms with Gasteiger partial charge >= 0.3 is 6.61 Å². The molecule has 1 aliphatic rings. The van der Waals surface area contributed by atoms with Crippen molar-refractivity contribution in [3.8, 4) is 17.2 Å². The highest BCUT2D eigenvalue weighted by atomic mass is 19.3. The van der Waals surface area contributed by atoms with Crippen molar-refractivity contribution in [1.82, 2.24) is 5.32 Å². The molecule has 0 aromatic heterocycles. The Bertz CT molecular complexity index is 737. The Balaban J connectivity index is 1.49. The third-order valence-electron chi connectivity index (χ3n) is 4.42. The van der Waals surface area contributed by atoms with E-state index in [9.17, 15) is 8.78 Å². The lowest BCUT2D eigenvalue weighted by molar-refractivity contribution is -0.0518. The molecule has 6 heteroatoms. The Labute approximate surface area is 152 Å². The Morgan fingerprint density at radius 3 is 2.77 bits per heavy atom. The molecule has 1 aliphatic carbocycles. The monoisotopic (exact) mass is 363 g/mol. The Hall–Kier alpha value is -2.34. The fraction of sp³-hybridized carbons (Fsp3) is 0.400. The van der Waals surface area contributed by atoms with Crippen LogP contribution in [0.2, 0.25) is 0 Å². The van der Waals surface area contributed by atoms with E-state index < -0.39 is 6.61 Å². The summed E-state index contributed by atoms with van der Waals surface area (Å²) in [6, 6.07) is 11.3. The van der Waals surface area contributed by atoms with Crippen molar-refractivity contribution in [2.24, 2.45) is 0 Å². The molecule has 0 amide bonds. The van der Waals surface area contributed by atoms with Gasteiger partial charge in [-0.05, 0) is 48.6 Å². The highest BCUT2D eigenvalue weighted by Crippen LogP contribution is 2.32. The van der Waals surface area contributed by atoms with Gasteiger partial charge in [-0.3, -0.25) is 0 Å². The summed E-state index contributed by atoms with van der Waals surface area (Å²) in [7, 11) is 1.43. The number of halogens is 2. The van der Waals surface area contributed by atoms with E-state index in [0.29, 0.717) is 31.0 Å². The van der Waals surface area contributed by atoms with E-state index in [1.54, 1.807) is 18.2 Å². The third kappa shape index (κ3) is 4.64. The highest BCUT2D eigenvalue weighted by molar-refractivity contribution is 5.46. The van der Waals surface area contributed by atoms with Crippen molar-refractivity contribution in [3.63, 3.8) is 0 Å². The number of methoxy groups -OCH3 is 1. The quantitative estimate of drug-likeness (QED) is 0.685. The molecule has 0 fully saturated rings. The molecule has 0 bridgehead atoms. The van der Waals surface area contributed by atoms with Gasteiger partial charge in [-0.25, -0.2) is 0 Å². The zero-order valence-electron chi connectivity index (χ0n) is 14.8. The van der Waals surface area contributed by atoms with E-state index in [-0.39, 0.29) is 5.75 Å². The average Bonchev–Trinajstić information content (AvgIpc) is 3.10. The van der Waals surface area contributed by atoms with Crippen LogP contribution in [0.3, 0.4) is 0 Å². The molecule has 2 aromatic rings. The first-order valence-corrected chi connectivity index (χ1v) is 8.73. The number of fused-ring (bicyclic) bond motifs is 1. The molecule has 0 unspecified atom stereocenters. The predicted octanol–water partition coefficient (Wildman–Crippen LogP) is 3.95. The van der Waals surface area contributed by atoms with Crippen molar-refractivity contribution < 1.29 is 23.0 Å². The maximum absolute atomic E-state index is 12.6. The fourth-order valence-electron chi connectivity index (χ4n) is 3.19. The molecule has 26 heavy (non-hydrogen) atoms. The number of ether oxygens (including phenoxy) is 3. The van der Waals surface area contributed by atoms with Crippen molar-refractivity contribution in [2.45, 2.75) is 32.4 Å². The molecule has 0 saturated heterocycles. The minimum absolute atomic E-state index is 0.0667. The summed E-state index contributed by atoms with van der Waals surface area (Å²) in [5.41, 5.74) is 3.41. The minimum Gasteiger partial charge on any atom is -0.493 e. The molecule has 3 rings (SSSR count). The van der Waals surface area contributed by atoms with Crippen LogP contribution < -0.4 is 19.5 Å². The number of aryl methyl sites for hydroxylation is 2. The number of alkyl halides is 2. The lowest BCUT2D eigenvalue weighted by Gasteiger charge is -2.15. The van der Waals surface area contributed by atoms with Gasteiger partial charge in [0.05, 0.1) is 7.11 Å². The first kappa shape index (κ1) is 18.5. The highest BCUT2D eigenvalue weighted by Gasteiger charge is 2.15. The lowest BCUT2D eigenvalue weighted by Crippen LogP contribution is -2.21. The second kappa shape index (κ2) is 8.85. The Morgan fingerprint density at radius 1 is 1.12 bits per heavy atom. The van der Waals surface area contributed by atoms with Crippen molar-refractivity contribution in [2.75, 3.05) is 20.3 Å². The molecular formula is C20H23F2NO3. The number of hydrogen-bond donors (Lipinski definition) is 1. The van der Waals surface area contributed by atoms with Gasteiger partial charge in [0, 0.05) is 18.7 Å². The standard InChI is InChI=1S/C20H23F2NO3/c1-24-18-7-3-6-16(19(18)26-20(21)22)13-23-10-11-25-17-9-8-14-4-2-5-15(14)12-17/h3,6-9,12,20,23H,2,4-5,10-11,13H2,1H3. The Kier molecular flexibility index (Phi) is 6.28. The largest absolute Gasteiger partial charge is 0.493 e. The maximum Gasteiger partial charge on any atom is 0.387 e. The topological polar surface area (TPSA) is 39.7 Å². The Morgan fingerprint density at radius 2 is 1.96 bits per heavy atom. The van der Waals surface area contributed by atoms with Gasteiger partial charge in [-0.1, -0.05) is 18.2 Å². The molecule has 0 atom stereocenters. The first-order valence-electron chi connectivity index (χ1n) is 8.73. The van der Waals surface area contributed by atoms with Crippen LogP contribution in [0.4, 0.5) is 8.78 Å². The molecule has 0 spiro atoms. The van der Waals surface area contributed by atoms with Crippen LogP contribution in [-0.4, -0.2) is 26.9 Å². The third-order valence-corrected chi connectivity index (χ3v) is 4.42. The molecule has 0 heterocycles. The second-order valence-corrected chi connectivity index (χ2v) is 6.14. The van der Waals surface area contributed by atoms with Gasteiger partial charge in [0.2, 0.25) is 0 Å². The molecule has 4 nitrogen and oxygen atoms in total. The van der Waals surface area contributed by atoms with Crippen molar-refractivity contribution in [3.05, 3.63) is 53.1 Å². The maximum atomic E-state index is 12.6.